The Labute approximate surface area is 133 Å². The summed E-state index contributed by atoms with van der Waals surface area (Å²) in [5, 5.41) is 1.08. The van der Waals surface area contributed by atoms with Crippen molar-refractivity contribution in [3.05, 3.63) is 57.8 Å². The Balaban J connectivity index is 2.11. The molecular weight excluding hydrogens is 305 g/mol. The molecule has 0 unspecified atom stereocenters. The lowest BCUT2D eigenvalue weighted by Gasteiger charge is -2.09. The van der Waals surface area contributed by atoms with Crippen LogP contribution in [0, 0.1) is 0 Å². The number of rotatable bonds is 3. The number of benzene rings is 2. The van der Waals surface area contributed by atoms with Gasteiger partial charge in [-0.25, -0.2) is 4.98 Å². The lowest BCUT2D eigenvalue weighted by molar-refractivity contribution is 0.753. The van der Waals surface area contributed by atoms with Crippen molar-refractivity contribution >= 4 is 39.9 Å². The maximum atomic E-state index is 6.15. The fourth-order valence-corrected chi connectivity index (χ4v) is 2.74. The van der Waals surface area contributed by atoms with Crippen LogP contribution in [0.5, 0.6) is 0 Å². The highest BCUT2D eigenvalue weighted by atomic mass is 35.5. The highest BCUT2D eigenvalue weighted by Crippen LogP contribution is 2.29. The predicted octanol–water partition coefficient (Wildman–Crippen LogP) is 4.54. The standard InChI is InChI=1S/C16H15Cl2N3/c1-2-16-20-14-7-12(17)13(18)8-15(14)21(16)9-10-3-5-11(19)6-4-10/h3-8H,2,9,19H2,1H3. The van der Waals surface area contributed by atoms with Crippen LogP contribution < -0.4 is 5.73 Å². The predicted molar refractivity (Wildman–Crippen MR) is 89.1 cm³/mol. The fourth-order valence-electron chi connectivity index (χ4n) is 2.42. The Bertz CT molecular complexity index is 791. The van der Waals surface area contributed by atoms with Crippen molar-refractivity contribution < 1.29 is 0 Å². The molecule has 3 nitrogen and oxygen atoms in total. The molecule has 0 spiro atoms. The summed E-state index contributed by atoms with van der Waals surface area (Å²) in [5.74, 6) is 1.01. The highest BCUT2D eigenvalue weighted by Gasteiger charge is 2.12. The molecule has 0 saturated carbocycles. The van der Waals surface area contributed by atoms with Gasteiger partial charge in [0, 0.05) is 18.7 Å². The molecule has 5 heteroatoms. The lowest BCUT2D eigenvalue weighted by Crippen LogP contribution is -2.04. The van der Waals surface area contributed by atoms with E-state index in [0.29, 0.717) is 10.0 Å². The molecule has 1 aromatic heterocycles. The molecule has 21 heavy (non-hydrogen) atoms. The van der Waals surface area contributed by atoms with Crippen molar-refractivity contribution in [2.24, 2.45) is 0 Å². The van der Waals surface area contributed by atoms with Gasteiger partial charge >= 0.3 is 0 Å². The van der Waals surface area contributed by atoms with E-state index >= 15 is 0 Å². The first-order chi connectivity index (χ1) is 10.1. The van der Waals surface area contributed by atoms with Gasteiger partial charge in [-0.2, -0.15) is 0 Å². The summed E-state index contributed by atoms with van der Waals surface area (Å²) < 4.78 is 2.17. The van der Waals surface area contributed by atoms with Gasteiger partial charge in [-0.3, -0.25) is 0 Å². The molecular formula is C16H15Cl2N3. The molecule has 0 bridgehead atoms. The minimum atomic E-state index is 0.531. The van der Waals surface area contributed by atoms with Crippen LogP contribution >= 0.6 is 23.2 Å². The van der Waals surface area contributed by atoms with E-state index in [-0.39, 0.29) is 0 Å². The fraction of sp³-hybridized carbons (Fsp3) is 0.188. The Morgan fingerprint density at radius 3 is 2.43 bits per heavy atom. The number of anilines is 1. The number of nitrogen functional groups attached to an aromatic ring is 1. The number of fused-ring (bicyclic) bond motifs is 1. The lowest BCUT2D eigenvalue weighted by atomic mass is 10.2. The van der Waals surface area contributed by atoms with Crippen LogP contribution in [0.3, 0.4) is 0 Å². The molecule has 1 heterocycles. The zero-order valence-corrected chi connectivity index (χ0v) is 13.1. The molecule has 3 aromatic rings. The van der Waals surface area contributed by atoms with Crippen LogP contribution in [-0.2, 0) is 13.0 Å². The third-order valence-electron chi connectivity index (χ3n) is 3.51. The van der Waals surface area contributed by atoms with Gasteiger partial charge < -0.3 is 10.3 Å². The Hall–Kier alpha value is -1.71. The molecule has 2 N–H and O–H groups in total. The number of hydrogen-bond donors (Lipinski definition) is 1. The average Bonchev–Trinajstić information content (AvgIpc) is 2.79. The normalized spacial score (nSPS) is 11.2. The van der Waals surface area contributed by atoms with Gasteiger partial charge in [0.05, 0.1) is 21.1 Å². The minimum absolute atomic E-state index is 0.531. The van der Waals surface area contributed by atoms with Crippen molar-refractivity contribution in [2.75, 3.05) is 5.73 Å². The summed E-state index contributed by atoms with van der Waals surface area (Å²) in [6.45, 7) is 2.82. The first kappa shape index (κ1) is 14.2. The number of nitrogens with two attached hydrogens (primary N) is 1. The number of hydrogen-bond acceptors (Lipinski definition) is 2. The quantitative estimate of drug-likeness (QED) is 0.720. The zero-order chi connectivity index (χ0) is 15.0. The highest BCUT2D eigenvalue weighted by molar-refractivity contribution is 6.42. The molecule has 0 aliphatic carbocycles. The molecule has 0 radical (unpaired) electrons. The molecule has 2 aromatic carbocycles. The van der Waals surface area contributed by atoms with E-state index in [1.54, 1.807) is 0 Å². The first-order valence-corrected chi connectivity index (χ1v) is 7.52. The van der Waals surface area contributed by atoms with Gasteiger partial charge in [0.15, 0.2) is 0 Å². The van der Waals surface area contributed by atoms with Crippen LogP contribution in [-0.4, -0.2) is 9.55 Å². The van der Waals surface area contributed by atoms with Crippen molar-refractivity contribution in [1.29, 1.82) is 0 Å². The van der Waals surface area contributed by atoms with Gasteiger partial charge in [0.2, 0.25) is 0 Å². The van der Waals surface area contributed by atoms with Gasteiger partial charge in [-0.05, 0) is 29.8 Å². The molecule has 0 atom stereocenters. The smallest absolute Gasteiger partial charge is 0.109 e. The third-order valence-corrected chi connectivity index (χ3v) is 4.23. The second-order valence-corrected chi connectivity index (χ2v) is 5.78. The summed E-state index contributed by atoms with van der Waals surface area (Å²) in [6.07, 6.45) is 0.846. The number of halogens is 2. The summed E-state index contributed by atoms with van der Waals surface area (Å²) in [7, 11) is 0. The van der Waals surface area contributed by atoms with Crippen LogP contribution in [0.25, 0.3) is 11.0 Å². The Morgan fingerprint density at radius 2 is 1.76 bits per heavy atom. The van der Waals surface area contributed by atoms with E-state index in [2.05, 4.69) is 16.5 Å². The van der Waals surface area contributed by atoms with Crippen molar-refractivity contribution in [3.8, 4) is 0 Å². The number of aryl methyl sites for hydroxylation is 1. The largest absolute Gasteiger partial charge is 0.399 e. The van der Waals surface area contributed by atoms with E-state index in [4.69, 9.17) is 28.9 Å². The monoisotopic (exact) mass is 319 g/mol. The molecule has 3 rings (SSSR count). The summed E-state index contributed by atoms with van der Waals surface area (Å²) in [4.78, 5) is 4.64. The molecule has 108 valence electrons. The summed E-state index contributed by atoms with van der Waals surface area (Å²) >= 11 is 12.2. The van der Waals surface area contributed by atoms with E-state index in [1.165, 1.54) is 5.56 Å². The van der Waals surface area contributed by atoms with Gasteiger partial charge in [0.25, 0.3) is 0 Å². The second-order valence-electron chi connectivity index (χ2n) is 4.96. The number of aromatic nitrogens is 2. The van der Waals surface area contributed by atoms with Crippen LogP contribution in [0.4, 0.5) is 5.69 Å². The van der Waals surface area contributed by atoms with Crippen molar-refractivity contribution in [3.63, 3.8) is 0 Å². The van der Waals surface area contributed by atoms with E-state index in [0.717, 1.165) is 35.5 Å². The molecule has 0 fully saturated rings. The average molecular weight is 320 g/mol. The zero-order valence-electron chi connectivity index (χ0n) is 11.6. The number of imidazole rings is 1. The van der Waals surface area contributed by atoms with Crippen molar-refractivity contribution in [1.82, 2.24) is 9.55 Å². The third kappa shape index (κ3) is 2.71. The van der Waals surface area contributed by atoms with Gasteiger partial charge in [-0.15, -0.1) is 0 Å². The first-order valence-electron chi connectivity index (χ1n) is 6.77. The topological polar surface area (TPSA) is 43.8 Å². The van der Waals surface area contributed by atoms with Gasteiger partial charge in [0.1, 0.15) is 5.82 Å². The molecule has 0 aliphatic rings. The second kappa shape index (κ2) is 5.58. The van der Waals surface area contributed by atoms with E-state index in [1.807, 2.05) is 36.4 Å². The van der Waals surface area contributed by atoms with E-state index < -0.39 is 0 Å². The molecule has 0 aliphatic heterocycles. The van der Waals surface area contributed by atoms with Gasteiger partial charge in [-0.1, -0.05) is 42.3 Å². The van der Waals surface area contributed by atoms with Crippen LogP contribution in [0.2, 0.25) is 10.0 Å². The Morgan fingerprint density at radius 1 is 1.10 bits per heavy atom. The Kier molecular flexibility index (Phi) is 3.79. The summed E-state index contributed by atoms with van der Waals surface area (Å²) in [5.41, 5.74) is 9.54. The van der Waals surface area contributed by atoms with Crippen LogP contribution in [0.1, 0.15) is 18.3 Å². The maximum absolute atomic E-state index is 6.15. The summed E-state index contributed by atoms with van der Waals surface area (Å²) in [6, 6.07) is 11.6. The molecule has 0 amide bonds. The number of nitrogens with zero attached hydrogens (tertiary/aromatic N) is 2. The maximum Gasteiger partial charge on any atom is 0.109 e. The SMILES string of the molecule is CCc1nc2cc(Cl)c(Cl)cc2n1Cc1ccc(N)cc1. The van der Waals surface area contributed by atoms with Crippen molar-refractivity contribution in [2.45, 2.75) is 19.9 Å². The van der Waals surface area contributed by atoms with Crippen LogP contribution in [0.15, 0.2) is 36.4 Å². The minimum Gasteiger partial charge on any atom is -0.399 e. The molecule has 0 saturated heterocycles. The van der Waals surface area contributed by atoms with E-state index in [9.17, 15) is 0 Å².